The predicted molar refractivity (Wildman–Crippen MR) is 81.5 cm³/mol. The fourth-order valence-electron chi connectivity index (χ4n) is 1.64. The number of carbonyl (C=O) groups excluding carboxylic acids is 1. The van der Waals surface area contributed by atoms with Crippen molar-refractivity contribution in [3.8, 4) is 5.75 Å². The summed E-state index contributed by atoms with van der Waals surface area (Å²) in [6, 6.07) is 4.53. The maximum atomic E-state index is 11.9. The summed E-state index contributed by atoms with van der Waals surface area (Å²) in [6.45, 7) is 4.00. The number of rotatable bonds is 2. The number of ether oxygens (including phenoxy) is 2. The third-order valence-electron chi connectivity index (χ3n) is 2.53. The minimum Gasteiger partial charge on any atom is -0.495 e. The maximum absolute atomic E-state index is 11.9. The van der Waals surface area contributed by atoms with Gasteiger partial charge in [-0.05, 0) is 28.1 Å². The van der Waals surface area contributed by atoms with Crippen LogP contribution in [0.2, 0.25) is 0 Å². The van der Waals surface area contributed by atoms with E-state index in [1.54, 1.807) is 12.1 Å². The number of H-pyrrole nitrogens is 1. The SMILES string of the molecule is CC.COC(=O)c1cc(=O)c2ccc(OC)c(Br)c2[nH]1. The van der Waals surface area contributed by atoms with Crippen LogP contribution >= 0.6 is 15.9 Å². The van der Waals surface area contributed by atoms with Gasteiger partial charge < -0.3 is 14.5 Å². The number of fused-ring (bicyclic) bond motifs is 1. The van der Waals surface area contributed by atoms with Crippen molar-refractivity contribution in [3.63, 3.8) is 0 Å². The number of halogens is 1. The molecule has 1 aromatic heterocycles. The third kappa shape index (κ3) is 3.01. The second-order valence-electron chi connectivity index (χ2n) is 3.54. The van der Waals surface area contributed by atoms with Crippen LogP contribution in [-0.4, -0.2) is 25.2 Å². The van der Waals surface area contributed by atoms with E-state index in [4.69, 9.17) is 4.74 Å². The summed E-state index contributed by atoms with van der Waals surface area (Å²) >= 11 is 3.33. The lowest BCUT2D eigenvalue weighted by Crippen LogP contribution is -2.11. The molecule has 0 aliphatic heterocycles. The van der Waals surface area contributed by atoms with E-state index in [1.165, 1.54) is 20.3 Å². The van der Waals surface area contributed by atoms with Crippen molar-refractivity contribution in [3.05, 3.63) is 38.6 Å². The highest BCUT2D eigenvalue weighted by atomic mass is 79.9. The molecular weight excluding hydrogens is 326 g/mol. The van der Waals surface area contributed by atoms with Gasteiger partial charge in [-0.3, -0.25) is 4.79 Å². The molecule has 0 radical (unpaired) electrons. The van der Waals surface area contributed by atoms with Crippen molar-refractivity contribution < 1.29 is 14.3 Å². The van der Waals surface area contributed by atoms with Gasteiger partial charge in [-0.1, -0.05) is 13.8 Å². The number of hydrogen-bond donors (Lipinski definition) is 1. The highest BCUT2D eigenvalue weighted by Gasteiger charge is 2.13. The van der Waals surface area contributed by atoms with E-state index in [1.807, 2.05) is 13.8 Å². The Morgan fingerprint density at radius 3 is 2.45 bits per heavy atom. The molecule has 1 heterocycles. The monoisotopic (exact) mass is 341 g/mol. The van der Waals surface area contributed by atoms with Gasteiger partial charge in [0.25, 0.3) is 0 Å². The molecule has 0 aliphatic rings. The van der Waals surface area contributed by atoms with Crippen molar-refractivity contribution in [1.82, 2.24) is 4.98 Å². The Hall–Kier alpha value is -1.82. The van der Waals surface area contributed by atoms with Crippen LogP contribution in [0.15, 0.2) is 27.5 Å². The predicted octanol–water partition coefficient (Wildman–Crippen LogP) is 3.11. The molecule has 0 bridgehead atoms. The Labute approximate surface area is 125 Å². The van der Waals surface area contributed by atoms with Gasteiger partial charge in [0.05, 0.1) is 24.2 Å². The molecule has 0 saturated carbocycles. The zero-order valence-corrected chi connectivity index (χ0v) is 13.3. The van der Waals surface area contributed by atoms with Crippen LogP contribution in [0.5, 0.6) is 5.75 Å². The lowest BCUT2D eigenvalue weighted by Gasteiger charge is -2.08. The maximum Gasteiger partial charge on any atom is 0.354 e. The first-order valence-electron chi connectivity index (χ1n) is 6.06. The molecule has 1 N–H and O–H groups in total. The van der Waals surface area contributed by atoms with Gasteiger partial charge in [0, 0.05) is 11.5 Å². The van der Waals surface area contributed by atoms with E-state index in [2.05, 4.69) is 25.7 Å². The van der Waals surface area contributed by atoms with E-state index in [-0.39, 0.29) is 11.1 Å². The summed E-state index contributed by atoms with van der Waals surface area (Å²) in [7, 11) is 2.78. The minimum absolute atomic E-state index is 0.101. The molecule has 0 amide bonds. The number of aromatic nitrogens is 1. The van der Waals surface area contributed by atoms with Crippen molar-refractivity contribution in [2.75, 3.05) is 14.2 Å². The van der Waals surface area contributed by atoms with Gasteiger partial charge in [0.1, 0.15) is 11.4 Å². The molecule has 0 aliphatic carbocycles. The number of esters is 1. The van der Waals surface area contributed by atoms with Crippen LogP contribution in [0.3, 0.4) is 0 Å². The fourth-order valence-corrected chi connectivity index (χ4v) is 2.25. The number of carbonyl (C=O) groups is 1. The highest BCUT2D eigenvalue weighted by molar-refractivity contribution is 9.10. The summed E-state index contributed by atoms with van der Waals surface area (Å²) in [5, 5.41) is 0.468. The quantitative estimate of drug-likeness (QED) is 0.852. The topological polar surface area (TPSA) is 68.4 Å². The largest absolute Gasteiger partial charge is 0.495 e. The van der Waals surface area contributed by atoms with E-state index in [0.717, 1.165) is 0 Å². The summed E-state index contributed by atoms with van der Waals surface area (Å²) in [5.74, 6) is -0.0242. The zero-order chi connectivity index (χ0) is 15.3. The van der Waals surface area contributed by atoms with Crippen molar-refractivity contribution in [2.45, 2.75) is 13.8 Å². The van der Waals surface area contributed by atoms with Gasteiger partial charge in [0.15, 0.2) is 5.43 Å². The number of methoxy groups -OCH3 is 2. The first-order valence-corrected chi connectivity index (χ1v) is 6.85. The molecule has 108 valence electrons. The zero-order valence-electron chi connectivity index (χ0n) is 11.7. The number of pyridine rings is 1. The molecule has 2 rings (SSSR count). The van der Waals surface area contributed by atoms with Crippen molar-refractivity contribution in [1.29, 1.82) is 0 Å². The van der Waals surface area contributed by atoms with Crippen LogP contribution in [-0.2, 0) is 4.74 Å². The minimum atomic E-state index is -0.594. The average molecular weight is 342 g/mol. The average Bonchev–Trinajstić information content (AvgIpc) is 2.49. The van der Waals surface area contributed by atoms with Crippen LogP contribution in [0.4, 0.5) is 0 Å². The van der Waals surface area contributed by atoms with E-state index >= 15 is 0 Å². The Balaban J connectivity index is 0.000000956. The number of benzene rings is 1. The second-order valence-corrected chi connectivity index (χ2v) is 4.34. The number of nitrogens with one attached hydrogen (secondary N) is 1. The van der Waals surface area contributed by atoms with Crippen LogP contribution < -0.4 is 10.2 Å². The Morgan fingerprint density at radius 1 is 1.25 bits per heavy atom. The van der Waals surface area contributed by atoms with E-state index in [0.29, 0.717) is 21.1 Å². The molecule has 0 spiro atoms. The number of hydrogen-bond acceptors (Lipinski definition) is 4. The molecule has 1 aromatic carbocycles. The Morgan fingerprint density at radius 2 is 1.90 bits per heavy atom. The molecule has 6 heteroatoms. The van der Waals surface area contributed by atoms with Gasteiger partial charge >= 0.3 is 5.97 Å². The summed E-state index contributed by atoms with van der Waals surface area (Å²) < 4.78 is 10.3. The summed E-state index contributed by atoms with van der Waals surface area (Å²) in [6.07, 6.45) is 0. The molecule has 0 atom stereocenters. The van der Waals surface area contributed by atoms with E-state index < -0.39 is 5.97 Å². The van der Waals surface area contributed by atoms with Gasteiger partial charge in [-0.15, -0.1) is 0 Å². The second kappa shape index (κ2) is 7.09. The molecule has 0 saturated heterocycles. The molecule has 5 nitrogen and oxygen atoms in total. The first kappa shape index (κ1) is 16.2. The lowest BCUT2D eigenvalue weighted by atomic mass is 10.2. The molecule has 20 heavy (non-hydrogen) atoms. The molecular formula is C14H16BrNO4. The third-order valence-corrected chi connectivity index (χ3v) is 3.32. The lowest BCUT2D eigenvalue weighted by molar-refractivity contribution is 0.0594. The summed E-state index contributed by atoms with van der Waals surface area (Å²) in [4.78, 5) is 26.2. The van der Waals surface area contributed by atoms with Crippen LogP contribution in [0, 0.1) is 0 Å². The Bertz CT molecular complexity index is 679. The van der Waals surface area contributed by atoms with Gasteiger partial charge in [-0.25, -0.2) is 4.79 Å². The van der Waals surface area contributed by atoms with Crippen LogP contribution in [0.25, 0.3) is 10.9 Å². The normalized spacial score (nSPS) is 9.65. The first-order chi connectivity index (χ1) is 9.58. The van der Waals surface area contributed by atoms with Crippen LogP contribution in [0.1, 0.15) is 24.3 Å². The molecule has 0 fully saturated rings. The molecule has 0 unspecified atom stereocenters. The standard InChI is InChI=1S/C12H10BrNO4.C2H6/c1-17-9-4-3-6-8(15)5-7(12(16)18-2)14-11(6)10(9)13;1-2/h3-5H,1-2H3,(H,14,15);1-2H3. The van der Waals surface area contributed by atoms with Gasteiger partial charge in [0.2, 0.25) is 0 Å². The van der Waals surface area contributed by atoms with E-state index in [9.17, 15) is 9.59 Å². The van der Waals surface area contributed by atoms with Gasteiger partial charge in [-0.2, -0.15) is 0 Å². The Kier molecular flexibility index (Phi) is 5.76. The highest BCUT2D eigenvalue weighted by Crippen LogP contribution is 2.30. The summed E-state index contributed by atoms with van der Waals surface area (Å²) in [5.41, 5.74) is 0.346. The smallest absolute Gasteiger partial charge is 0.354 e. The van der Waals surface area contributed by atoms with Crippen molar-refractivity contribution in [2.24, 2.45) is 0 Å². The fraction of sp³-hybridized carbons (Fsp3) is 0.286. The number of aromatic amines is 1. The van der Waals surface area contributed by atoms with Crippen molar-refractivity contribution >= 4 is 32.8 Å². The molecule has 2 aromatic rings.